The smallest absolute Gasteiger partial charge is 0.277 e. The van der Waals surface area contributed by atoms with Crippen LogP contribution < -0.4 is 5.32 Å². The molecule has 0 saturated carbocycles. The lowest BCUT2D eigenvalue weighted by Gasteiger charge is -2.11. The number of phenols is 1. The predicted octanol–water partition coefficient (Wildman–Crippen LogP) is 4.18. The largest absolute Gasteiger partial charge is 0.508 e. The fourth-order valence-corrected chi connectivity index (χ4v) is 2.96. The van der Waals surface area contributed by atoms with Gasteiger partial charge in [0.25, 0.3) is 5.22 Å². The summed E-state index contributed by atoms with van der Waals surface area (Å²) in [7, 11) is 0. The van der Waals surface area contributed by atoms with E-state index in [9.17, 15) is 9.90 Å². The molecule has 1 amide bonds. The first kappa shape index (κ1) is 18.0. The van der Waals surface area contributed by atoms with E-state index in [1.807, 2.05) is 32.0 Å². The third kappa shape index (κ3) is 4.23. The fraction of sp³-hybridized carbons (Fsp3) is 0.211. The van der Waals surface area contributed by atoms with E-state index in [1.165, 1.54) is 23.4 Å². The van der Waals surface area contributed by atoms with Crippen LogP contribution in [0.1, 0.15) is 18.1 Å². The highest BCUT2D eigenvalue weighted by Gasteiger charge is 2.19. The Hall–Kier alpha value is -2.80. The number of carbonyl (C=O) groups is 1. The number of hydrogen-bond acceptors (Lipinski definition) is 6. The second kappa shape index (κ2) is 7.61. The van der Waals surface area contributed by atoms with Gasteiger partial charge in [0.15, 0.2) is 0 Å². The molecule has 1 aromatic heterocycles. The van der Waals surface area contributed by atoms with Crippen LogP contribution in [-0.4, -0.2) is 26.5 Å². The highest BCUT2D eigenvalue weighted by atomic mass is 32.2. The van der Waals surface area contributed by atoms with Crippen molar-refractivity contribution >= 4 is 23.4 Å². The number of carbonyl (C=O) groups excluding carboxylic acids is 1. The summed E-state index contributed by atoms with van der Waals surface area (Å²) >= 11 is 1.18. The van der Waals surface area contributed by atoms with E-state index >= 15 is 0 Å². The Bertz CT molecular complexity index is 939. The number of rotatable bonds is 5. The first-order chi connectivity index (χ1) is 12.4. The van der Waals surface area contributed by atoms with Gasteiger partial charge in [0.1, 0.15) is 5.75 Å². The minimum atomic E-state index is -0.408. The topological polar surface area (TPSA) is 88.2 Å². The van der Waals surface area contributed by atoms with E-state index in [-0.39, 0.29) is 11.7 Å². The summed E-state index contributed by atoms with van der Waals surface area (Å²) in [5, 5.41) is 20.2. The SMILES string of the molecule is Cc1ccc(NC(=O)[C@H](C)Sc2nnc(-c3cccc(O)c3)o2)cc1C. The second-order valence-electron chi connectivity index (χ2n) is 5.97. The summed E-state index contributed by atoms with van der Waals surface area (Å²) in [6.07, 6.45) is 0. The summed E-state index contributed by atoms with van der Waals surface area (Å²) in [5.41, 5.74) is 3.68. The van der Waals surface area contributed by atoms with Crippen molar-refractivity contribution in [1.82, 2.24) is 10.2 Å². The van der Waals surface area contributed by atoms with Crippen molar-refractivity contribution in [2.75, 3.05) is 5.32 Å². The zero-order valence-corrected chi connectivity index (χ0v) is 15.5. The number of aromatic hydroxyl groups is 1. The first-order valence-corrected chi connectivity index (χ1v) is 8.98. The molecule has 0 aliphatic rings. The van der Waals surface area contributed by atoms with Crippen LogP contribution in [0.25, 0.3) is 11.5 Å². The molecule has 2 aromatic carbocycles. The molecule has 1 heterocycles. The number of nitrogens with one attached hydrogen (secondary N) is 1. The van der Waals surface area contributed by atoms with Gasteiger partial charge in [-0.1, -0.05) is 23.9 Å². The van der Waals surface area contributed by atoms with Gasteiger partial charge in [-0.3, -0.25) is 4.79 Å². The van der Waals surface area contributed by atoms with Gasteiger partial charge in [-0.25, -0.2) is 0 Å². The number of thioether (sulfide) groups is 1. The van der Waals surface area contributed by atoms with E-state index in [2.05, 4.69) is 15.5 Å². The Morgan fingerprint density at radius 1 is 1.15 bits per heavy atom. The molecule has 0 unspecified atom stereocenters. The molecule has 26 heavy (non-hydrogen) atoms. The highest BCUT2D eigenvalue weighted by Crippen LogP contribution is 2.28. The van der Waals surface area contributed by atoms with Crippen LogP contribution in [0.3, 0.4) is 0 Å². The van der Waals surface area contributed by atoms with E-state index in [0.29, 0.717) is 16.7 Å². The van der Waals surface area contributed by atoms with Crippen molar-refractivity contribution in [3.05, 3.63) is 53.6 Å². The summed E-state index contributed by atoms with van der Waals surface area (Å²) in [4.78, 5) is 12.4. The Morgan fingerprint density at radius 2 is 1.96 bits per heavy atom. The molecule has 3 aromatic rings. The molecule has 134 valence electrons. The molecule has 0 aliphatic carbocycles. The molecular weight excluding hydrogens is 350 g/mol. The molecule has 0 saturated heterocycles. The van der Waals surface area contributed by atoms with E-state index in [0.717, 1.165) is 11.3 Å². The first-order valence-electron chi connectivity index (χ1n) is 8.10. The van der Waals surface area contributed by atoms with Gasteiger partial charge < -0.3 is 14.8 Å². The van der Waals surface area contributed by atoms with E-state index < -0.39 is 5.25 Å². The summed E-state index contributed by atoms with van der Waals surface area (Å²) in [6, 6.07) is 12.4. The zero-order valence-electron chi connectivity index (χ0n) is 14.7. The number of phenolic OH excluding ortho intramolecular Hbond substituents is 1. The third-order valence-electron chi connectivity index (χ3n) is 3.92. The molecule has 1 atom stereocenters. The summed E-state index contributed by atoms with van der Waals surface area (Å²) < 4.78 is 5.58. The van der Waals surface area contributed by atoms with Crippen LogP contribution in [0.4, 0.5) is 5.69 Å². The quantitative estimate of drug-likeness (QED) is 0.656. The van der Waals surface area contributed by atoms with Gasteiger partial charge in [-0.15, -0.1) is 10.2 Å². The number of aryl methyl sites for hydroxylation is 2. The van der Waals surface area contributed by atoms with Gasteiger partial charge in [0.05, 0.1) is 5.25 Å². The monoisotopic (exact) mass is 369 g/mol. The van der Waals surface area contributed by atoms with Crippen LogP contribution in [-0.2, 0) is 4.79 Å². The van der Waals surface area contributed by atoms with E-state index in [1.54, 1.807) is 25.1 Å². The maximum Gasteiger partial charge on any atom is 0.277 e. The second-order valence-corrected chi connectivity index (χ2v) is 7.26. The van der Waals surface area contributed by atoms with Crippen LogP contribution in [0.5, 0.6) is 5.75 Å². The Balaban J connectivity index is 1.65. The van der Waals surface area contributed by atoms with Crippen LogP contribution in [0.15, 0.2) is 52.1 Å². The van der Waals surface area contributed by atoms with Crippen molar-refractivity contribution in [3.8, 4) is 17.2 Å². The molecule has 3 rings (SSSR count). The van der Waals surface area contributed by atoms with Gasteiger partial charge in [-0.05, 0) is 62.2 Å². The molecular formula is C19H19N3O3S. The molecule has 7 heteroatoms. The molecule has 0 radical (unpaired) electrons. The standard InChI is InChI=1S/C19H19N3O3S/c1-11-7-8-15(9-12(11)2)20-17(24)13(3)26-19-22-21-18(25-19)14-5-4-6-16(23)10-14/h4-10,13,23H,1-3H3,(H,20,24)/t13-/m0/s1. The minimum absolute atomic E-state index is 0.121. The lowest BCUT2D eigenvalue weighted by Crippen LogP contribution is -2.22. The van der Waals surface area contributed by atoms with Crippen molar-refractivity contribution in [2.45, 2.75) is 31.2 Å². The van der Waals surface area contributed by atoms with Crippen molar-refractivity contribution in [3.63, 3.8) is 0 Å². The lowest BCUT2D eigenvalue weighted by molar-refractivity contribution is -0.115. The van der Waals surface area contributed by atoms with Crippen molar-refractivity contribution < 1.29 is 14.3 Å². The molecule has 0 bridgehead atoms. The van der Waals surface area contributed by atoms with Gasteiger partial charge >= 0.3 is 0 Å². The number of aromatic nitrogens is 2. The molecule has 0 fully saturated rings. The summed E-state index contributed by atoms with van der Waals surface area (Å²) in [5.74, 6) is 0.275. The Kier molecular flexibility index (Phi) is 5.27. The average Bonchev–Trinajstić information content (AvgIpc) is 3.06. The molecule has 0 aliphatic heterocycles. The van der Waals surface area contributed by atoms with Gasteiger partial charge in [0, 0.05) is 11.3 Å². The minimum Gasteiger partial charge on any atom is -0.508 e. The number of anilines is 1. The maximum atomic E-state index is 12.4. The number of benzene rings is 2. The van der Waals surface area contributed by atoms with Crippen molar-refractivity contribution in [1.29, 1.82) is 0 Å². The molecule has 6 nitrogen and oxygen atoms in total. The van der Waals surface area contributed by atoms with Crippen LogP contribution in [0, 0.1) is 13.8 Å². The highest BCUT2D eigenvalue weighted by molar-refractivity contribution is 8.00. The Labute approximate surface area is 155 Å². The third-order valence-corrected chi connectivity index (χ3v) is 4.86. The van der Waals surface area contributed by atoms with E-state index in [4.69, 9.17) is 4.42 Å². The number of hydrogen-bond donors (Lipinski definition) is 2. The normalized spacial score (nSPS) is 12.0. The van der Waals surface area contributed by atoms with Gasteiger partial charge in [-0.2, -0.15) is 0 Å². The maximum absolute atomic E-state index is 12.4. The molecule has 2 N–H and O–H groups in total. The Morgan fingerprint density at radius 3 is 2.69 bits per heavy atom. The average molecular weight is 369 g/mol. The fourth-order valence-electron chi connectivity index (χ4n) is 2.28. The predicted molar refractivity (Wildman–Crippen MR) is 101 cm³/mol. The van der Waals surface area contributed by atoms with Crippen LogP contribution in [0.2, 0.25) is 0 Å². The van der Waals surface area contributed by atoms with Crippen molar-refractivity contribution in [2.24, 2.45) is 0 Å². The number of nitrogens with zero attached hydrogens (tertiary/aromatic N) is 2. The number of amides is 1. The summed E-state index contributed by atoms with van der Waals surface area (Å²) in [6.45, 7) is 5.81. The van der Waals surface area contributed by atoms with Gasteiger partial charge in [0.2, 0.25) is 11.8 Å². The molecule has 0 spiro atoms. The lowest BCUT2D eigenvalue weighted by atomic mass is 10.1. The van der Waals surface area contributed by atoms with Crippen LogP contribution >= 0.6 is 11.8 Å². The zero-order chi connectivity index (χ0) is 18.7.